The first-order valence-electron chi connectivity index (χ1n) is 6.46. The van der Waals surface area contributed by atoms with E-state index in [1.54, 1.807) is 4.90 Å². The van der Waals surface area contributed by atoms with Crippen LogP contribution in [0.2, 0.25) is 0 Å². The standard InChI is InChI=1S/C12H24N2O3/c1-2-12(9-15,10-16)13-11(17)14-7-5-3-4-6-8-14/h15-16H,2-10H2,1H3,(H,13,17). The number of likely N-dealkylation sites (tertiary alicyclic amines) is 1. The van der Waals surface area contributed by atoms with E-state index in [0.717, 1.165) is 25.9 Å². The second-order valence-electron chi connectivity index (χ2n) is 4.78. The molecule has 5 heteroatoms. The Hall–Kier alpha value is -0.810. The zero-order chi connectivity index (χ0) is 12.7. The monoisotopic (exact) mass is 244 g/mol. The molecule has 0 aliphatic carbocycles. The predicted octanol–water partition coefficient (Wildman–Crippen LogP) is 0.705. The van der Waals surface area contributed by atoms with Crippen molar-refractivity contribution in [2.75, 3.05) is 26.3 Å². The molecule has 2 amide bonds. The first-order valence-corrected chi connectivity index (χ1v) is 6.46. The van der Waals surface area contributed by atoms with Gasteiger partial charge in [0.15, 0.2) is 0 Å². The third-order valence-corrected chi connectivity index (χ3v) is 3.55. The summed E-state index contributed by atoms with van der Waals surface area (Å²) in [6.07, 6.45) is 4.92. The average Bonchev–Trinajstić information content (AvgIpc) is 2.65. The van der Waals surface area contributed by atoms with Crippen LogP contribution < -0.4 is 5.32 Å². The molecule has 0 aromatic rings. The van der Waals surface area contributed by atoms with Crippen molar-refractivity contribution in [2.24, 2.45) is 0 Å². The zero-order valence-corrected chi connectivity index (χ0v) is 10.6. The summed E-state index contributed by atoms with van der Waals surface area (Å²) in [5.41, 5.74) is -0.886. The molecular formula is C12H24N2O3. The molecule has 0 radical (unpaired) electrons. The van der Waals surface area contributed by atoms with E-state index in [4.69, 9.17) is 0 Å². The van der Waals surface area contributed by atoms with Gasteiger partial charge in [-0.05, 0) is 19.3 Å². The van der Waals surface area contributed by atoms with Crippen LogP contribution in [0.5, 0.6) is 0 Å². The van der Waals surface area contributed by atoms with Gasteiger partial charge in [-0.3, -0.25) is 0 Å². The van der Waals surface area contributed by atoms with Crippen LogP contribution in [0, 0.1) is 0 Å². The number of amides is 2. The topological polar surface area (TPSA) is 72.8 Å². The summed E-state index contributed by atoms with van der Waals surface area (Å²) >= 11 is 0. The highest BCUT2D eigenvalue weighted by Gasteiger charge is 2.30. The molecule has 3 N–H and O–H groups in total. The second kappa shape index (κ2) is 6.81. The number of aliphatic hydroxyl groups is 2. The Morgan fingerprint density at radius 3 is 2.12 bits per heavy atom. The smallest absolute Gasteiger partial charge is 0.317 e. The maximum Gasteiger partial charge on any atom is 0.317 e. The number of hydrogen-bond donors (Lipinski definition) is 3. The summed E-state index contributed by atoms with van der Waals surface area (Å²) < 4.78 is 0. The van der Waals surface area contributed by atoms with E-state index >= 15 is 0 Å². The summed E-state index contributed by atoms with van der Waals surface area (Å²) in [4.78, 5) is 13.8. The van der Waals surface area contributed by atoms with Crippen LogP contribution in [-0.4, -0.2) is 53.0 Å². The molecule has 1 rings (SSSR count). The van der Waals surface area contributed by atoms with Crippen LogP contribution in [0.25, 0.3) is 0 Å². The maximum absolute atomic E-state index is 12.0. The summed E-state index contributed by atoms with van der Waals surface area (Å²) in [6.45, 7) is 2.90. The lowest BCUT2D eigenvalue weighted by molar-refractivity contribution is 0.0865. The number of hydrogen-bond acceptors (Lipinski definition) is 3. The highest BCUT2D eigenvalue weighted by Crippen LogP contribution is 2.13. The Balaban J connectivity index is 2.56. The van der Waals surface area contributed by atoms with E-state index in [0.29, 0.717) is 6.42 Å². The number of carbonyl (C=O) groups is 1. The fraction of sp³-hybridized carbons (Fsp3) is 0.917. The lowest BCUT2D eigenvalue weighted by atomic mass is 9.99. The van der Waals surface area contributed by atoms with Gasteiger partial charge < -0.3 is 20.4 Å². The molecule has 0 unspecified atom stereocenters. The first-order chi connectivity index (χ1) is 8.17. The SMILES string of the molecule is CCC(CO)(CO)NC(=O)N1CCCCCC1. The fourth-order valence-corrected chi connectivity index (χ4v) is 2.02. The quantitative estimate of drug-likeness (QED) is 0.682. The van der Waals surface area contributed by atoms with Crippen molar-refractivity contribution in [1.82, 2.24) is 10.2 Å². The predicted molar refractivity (Wildman–Crippen MR) is 65.8 cm³/mol. The summed E-state index contributed by atoms with van der Waals surface area (Å²) in [6, 6.07) is -0.170. The third-order valence-electron chi connectivity index (χ3n) is 3.55. The van der Waals surface area contributed by atoms with Crippen molar-refractivity contribution in [3.63, 3.8) is 0 Å². The first kappa shape index (κ1) is 14.3. The molecule has 100 valence electrons. The van der Waals surface area contributed by atoms with Crippen LogP contribution >= 0.6 is 0 Å². The van der Waals surface area contributed by atoms with E-state index in [2.05, 4.69) is 5.32 Å². The van der Waals surface area contributed by atoms with Gasteiger partial charge in [-0.2, -0.15) is 0 Å². The Kier molecular flexibility index (Phi) is 5.71. The molecule has 0 bridgehead atoms. The lowest BCUT2D eigenvalue weighted by Gasteiger charge is -2.32. The summed E-state index contributed by atoms with van der Waals surface area (Å²) in [5, 5.41) is 21.3. The molecule has 0 atom stereocenters. The van der Waals surface area contributed by atoms with Crippen molar-refractivity contribution in [2.45, 2.75) is 44.6 Å². The van der Waals surface area contributed by atoms with Gasteiger partial charge in [-0.1, -0.05) is 19.8 Å². The third kappa shape index (κ3) is 3.85. The van der Waals surface area contributed by atoms with Gasteiger partial charge >= 0.3 is 6.03 Å². The second-order valence-corrected chi connectivity index (χ2v) is 4.78. The van der Waals surface area contributed by atoms with Crippen LogP contribution in [0.3, 0.4) is 0 Å². The van der Waals surface area contributed by atoms with Gasteiger partial charge in [0.05, 0.1) is 18.8 Å². The molecule has 1 fully saturated rings. The minimum Gasteiger partial charge on any atom is -0.394 e. The van der Waals surface area contributed by atoms with Crippen molar-refractivity contribution in [3.05, 3.63) is 0 Å². The van der Waals surface area contributed by atoms with Gasteiger partial charge in [-0.25, -0.2) is 4.79 Å². The van der Waals surface area contributed by atoms with Crippen LogP contribution in [0.15, 0.2) is 0 Å². The highest BCUT2D eigenvalue weighted by molar-refractivity contribution is 5.75. The van der Waals surface area contributed by atoms with Gasteiger partial charge in [0.2, 0.25) is 0 Å². The molecule has 5 nitrogen and oxygen atoms in total. The lowest BCUT2D eigenvalue weighted by Crippen LogP contribution is -2.57. The molecule has 0 aromatic carbocycles. The molecule has 0 spiro atoms. The minimum absolute atomic E-state index is 0.170. The number of nitrogens with one attached hydrogen (secondary N) is 1. The Labute approximate surface area is 103 Å². The van der Waals surface area contributed by atoms with Crippen molar-refractivity contribution in [3.8, 4) is 0 Å². The molecule has 17 heavy (non-hydrogen) atoms. The van der Waals surface area contributed by atoms with E-state index in [1.165, 1.54) is 12.8 Å². The number of rotatable bonds is 4. The minimum atomic E-state index is -0.886. The zero-order valence-electron chi connectivity index (χ0n) is 10.6. The van der Waals surface area contributed by atoms with Crippen LogP contribution in [0.1, 0.15) is 39.0 Å². The average molecular weight is 244 g/mol. The molecular weight excluding hydrogens is 220 g/mol. The largest absolute Gasteiger partial charge is 0.394 e. The summed E-state index contributed by atoms with van der Waals surface area (Å²) in [7, 11) is 0. The van der Waals surface area contributed by atoms with Crippen molar-refractivity contribution < 1.29 is 15.0 Å². The van der Waals surface area contributed by atoms with Crippen molar-refractivity contribution in [1.29, 1.82) is 0 Å². The number of carbonyl (C=O) groups excluding carboxylic acids is 1. The Morgan fingerprint density at radius 2 is 1.71 bits per heavy atom. The van der Waals surface area contributed by atoms with Gasteiger partial charge in [0, 0.05) is 13.1 Å². The molecule has 1 heterocycles. The van der Waals surface area contributed by atoms with Crippen LogP contribution in [0.4, 0.5) is 4.79 Å². The molecule has 1 aliphatic rings. The fourth-order valence-electron chi connectivity index (χ4n) is 2.02. The Morgan fingerprint density at radius 1 is 1.18 bits per heavy atom. The Bertz CT molecular complexity index is 226. The van der Waals surface area contributed by atoms with E-state index in [1.807, 2.05) is 6.92 Å². The van der Waals surface area contributed by atoms with Gasteiger partial charge in [0.25, 0.3) is 0 Å². The number of aliphatic hydroxyl groups excluding tert-OH is 2. The molecule has 1 aliphatic heterocycles. The van der Waals surface area contributed by atoms with E-state index in [-0.39, 0.29) is 19.2 Å². The number of urea groups is 1. The number of nitrogens with zero attached hydrogens (tertiary/aromatic N) is 1. The van der Waals surface area contributed by atoms with E-state index in [9.17, 15) is 15.0 Å². The van der Waals surface area contributed by atoms with Crippen LogP contribution in [-0.2, 0) is 0 Å². The molecule has 0 aromatic heterocycles. The highest BCUT2D eigenvalue weighted by atomic mass is 16.3. The van der Waals surface area contributed by atoms with Gasteiger partial charge in [0.1, 0.15) is 0 Å². The normalized spacial score (nSPS) is 17.7. The summed E-state index contributed by atoms with van der Waals surface area (Å²) in [5.74, 6) is 0. The van der Waals surface area contributed by atoms with Gasteiger partial charge in [-0.15, -0.1) is 0 Å². The molecule has 1 saturated heterocycles. The van der Waals surface area contributed by atoms with Crippen molar-refractivity contribution >= 4 is 6.03 Å². The van der Waals surface area contributed by atoms with E-state index < -0.39 is 5.54 Å². The molecule has 0 saturated carbocycles. The maximum atomic E-state index is 12.0.